The van der Waals surface area contributed by atoms with Crippen molar-refractivity contribution >= 4 is 0 Å². The molecule has 1 nitrogen and oxygen atoms in total. The summed E-state index contributed by atoms with van der Waals surface area (Å²) in [6, 6.07) is 0. The third-order valence-corrected chi connectivity index (χ3v) is 2.11. The summed E-state index contributed by atoms with van der Waals surface area (Å²) in [7, 11) is 0. The fraction of sp³-hybridized carbons (Fsp3) is 0.455. The zero-order valence-electron chi connectivity index (χ0n) is 8.39. The standard InChI is InChI=1S/C11H14F2O/c1-3-10(13)11-9(4-5-12)6-8(2)7-14-11/h3-5,8H,6-7H2,1-2H3/b5-4+,10-3-. The second kappa shape index (κ2) is 4.94. The normalized spacial score (nSPS) is 24.3. The van der Waals surface area contributed by atoms with Gasteiger partial charge in [-0.2, -0.15) is 0 Å². The van der Waals surface area contributed by atoms with E-state index < -0.39 is 5.83 Å². The molecule has 0 aromatic rings. The molecule has 0 saturated heterocycles. The number of ether oxygens (including phenoxy) is 1. The smallest absolute Gasteiger partial charge is 0.161 e. The number of hydrogen-bond donors (Lipinski definition) is 0. The molecule has 0 aliphatic carbocycles. The van der Waals surface area contributed by atoms with Gasteiger partial charge in [0.05, 0.1) is 12.9 Å². The molecule has 0 fully saturated rings. The number of allylic oxidation sites excluding steroid dienone is 4. The van der Waals surface area contributed by atoms with Crippen LogP contribution in [0.3, 0.4) is 0 Å². The van der Waals surface area contributed by atoms with Gasteiger partial charge in [0.25, 0.3) is 0 Å². The first-order valence-electron chi connectivity index (χ1n) is 4.64. The van der Waals surface area contributed by atoms with Crippen molar-refractivity contribution in [3.05, 3.63) is 35.6 Å². The lowest BCUT2D eigenvalue weighted by molar-refractivity contribution is 0.148. The minimum Gasteiger partial charge on any atom is -0.490 e. The topological polar surface area (TPSA) is 9.23 Å². The molecule has 0 saturated carbocycles. The Morgan fingerprint density at radius 1 is 1.57 bits per heavy atom. The summed E-state index contributed by atoms with van der Waals surface area (Å²) >= 11 is 0. The van der Waals surface area contributed by atoms with E-state index in [1.807, 2.05) is 6.92 Å². The van der Waals surface area contributed by atoms with Gasteiger partial charge in [-0.15, -0.1) is 0 Å². The Morgan fingerprint density at radius 2 is 2.29 bits per heavy atom. The third-order valence-electron chi connectivity index (χ3n) is 2.11. The average Bonchev–Trinajstić information content (AvgIpc) is 2.17. The first kappa shape index (κ1) is 11.0. The van der Waals surface area contributed by atoms with Crippen molar-refractivity contribution in [2.24, 2.45) is 5.92 Å². The zero-order valence-corrected chi connectivity index (χ0v) is 8.39. The van der Waals surface area contributed by atoms with Gasteiger partial charge in [0.2, 0.25) is 0 Å². The van der Waals surface area contributed by atoms with Crippen LogP contribution in [0.25, 0.3) is 0 Å². The molecule has 1 aliphatic heterocycles. The average molecular weight is 200 g/mol. The highest BCUT2D eigenvalue weighted by molar-refractivity contribution is 5.33. The van der Waals surface area contributed by atoms with Crippen molar-refractivity contribution in [2.75, 3.05) is 6.61 Å². The molecule has 0 radical (unpaired) electrons. The monoisotopic (exact) mass is 200 g/mol. The van der Waals surface area contributed by atoms with Crippen molar-refractivity contribution in [3.63, 3.8) is 0 Å². The quantitative estimate of drug-likeness (QED) is 0.661. The van der Waals surface area contributed by atoms with Crippen LogP contribution >= 0.6 is 0 Å². The van der Waals surface area contributed by atoms with Crippen LogP contribution in [0, 0.1) is 5.92 Å². The highest BCUT2D eigenvalue weighted by Crippen LogP contribution is 2.29. The molecule has 14 heavy (non-hydrogen) atoms. The molecule has 0 N–H and O–H groups in total. The van der Waals surface area contributed by atoms with E-state index in [9.17, 15) is 8.78 Å². The molecular formula is C11H14F2O. The zero-order chi connectivity index (χ0) is 10.6. The predicted octanol–water partition coefficient (Wildman–Crippen LogP) is 3.65. The van der Waals surface area contributed by atoms with E-state index in [2.05, 4.69) is 0 Å². The van der Waals surface area contributed by atoms with Crippen LogP contribution in [0.5, 0.6) is 0 Å². The minimum atomic E-state index is -0.426. The predicted molar refractivity (Wildman–Crippen MR) is 51.9 cm³/mol. The van der Waals surface area contributed by atoms with Gasteiger partial charge in [0.1, 0.15) is 0 Å². The van der Waals surface area contributed by atoms with Gasteiger partial charge >= 0.3 is 0 Å². The van der Waals surface area contributed by atoms with Crippen LogP contribution in [0.1, 0.15) is 20.3 Å². The molecule has 1 heterocycles. The SMILES string of the molecule is C/C=C(\F)C1=C(/C=C/F)CC(C)CO1. The number of halogens is 2. The Bertz CT molecular complexity index is 290. The molecule has 0 spiro atoms. The molecule has 0 aromatic heterocycles. The lowest BCUT2D eigenvalue weighted by Gasteiger charge is -2.23. The van der Waals surface area contributed by atoms with Crippen LogP contribution < -0.4 is 0 Å². The van der Waals surface area contributed by atoms with E-state index in [0.717, 1.165) is 0 Å². The van der Waals surface area contributed by atoms with Gasteiger partial charge in [-0.05, 0) is 37.0 Å². The molecule has 1 unspecified atom stereocenters. The minimum absolute atomic E-state index is 0.180. The Morgan fingerprint density at radius 3 is 2.86 bits per heavy atom. The van der Waals surface area contributed by atoms with Gasteiger partial charge in [-0.1, -0.05) is 6.92 Å². The van der Waals surface area contributed by atoms with Crippen molar-refractivity contribution in [2.45, 2.75) is 20.3 Å². The molecule has 0 amide bonds. The summed E-state index contributed by atoms with van der Waals surface area (Å²) in [4.78, 5) is 0. The molecule has 1 atom stereocenters. The summed E-state index contributed by atoms with van der Waals surface area (Å²) in [5, 5.41) is 0. The van der Waals surface area contributed by atoms with E-state index in [1.54, 1.807) is 6.92 Å². The fourth-order valence-corrected chi connectivity index (χ4v) is 1.42. The largest absolute Gasteiger partial charge is 0.490 e. The molecule has 3 heteroatoms. The van der Waals surface area contributed by atoms with Crippen LogP contribution in [-0.2, 0) is 4.74 Å². The molecule has 0 bridgehead atoms. The van der Waals surface area contributed by atoms with Crippen LogP contribution in [0.15, 0.2) is 35.6 Å². The summed E-state index contributed by atoms with van der Waals surface area (Å²) in [6.07, 6.45) is 3.64. The van der Waals surface area contributed by atoms with E-state index in [-0.39, 0.29) is 5.76 Å². The lowest BCUT2D eigenvalue weighted by atomic mass is 9.98. The highest BCUT2D eigenvalue weighted by atomic mass is 19.1. The maximum absolute atomic E-state index is 13.2. The summed E-state index contributed by atoms with van der Waals surface area (Å²) in [5.41, 5.74) is 0.585. The van der Waals surface area contributed by atoms with Crippen molar-refractivity contribution in [1.82, 2.24) is 0 Å². The van der Waals surface area contributed by atoms with E-state index in [0.29, 0.717) is 30.8 Å². The fourth-order valence-electron chi connectivity index (χ4n) is 1.42. The van der Waals surface area contributed by atoms with Crippen LogP contribution in [-0.4, -0.2) is 6.61 Å². The molecular weight excluding hydrogens is 186 g/mol. The second-order valence-electron chi connectivity index (χ2n) is 3.40. The second-order valence-corrected chi connectivity index (χ2v) is 3.40. The maximum atomic E-state index is 13.2. The van der Waals surface area contributed by atoms with E-state index in [4.69, 9.17) is 4.74 Å². The number of rotatable bonds is 2. The van der Waals surface area contributed by atoms with Gasteiger partial charge in [-0.25, -0.2) is 8.78 Å². The third kappa shape index (κ3) is 2.44. The van der Waals surface area contributed by atoms with Crippen molar-refractivity contribution < 1.29 is 13.5 Å². The Balaban J connectivity index is 2.99. The van der Waals surface area contributed by atoms with Gasteiger partial charge in [-0.3, -0.25) is 0 Å². The van der Waals surface area contributed by atoms with Crippen LogP contribution in [0.4, 0.5) is 8.78 Å². The Hall–Kier alpha value is -1.12. The Labute approximate surface area is 82.8 Å². The van der Waals surface area contributed by atoms with Gasteiger partial charge in [0.15, 0.2) is 11.6 Å². The lowest BCUT2D eigenvalue weighted by Crippen LogP contribution is -2.14. The number of hydrogen-bond acceptors (Lipinski definition) is 1. The molecule has 1 aliphatic rings. The summed E-state index contributed by atoms with van der Waals surface area (Å²) in [6.45, 7) is 4.05. The first-order chi connectivity index (χ1) is 6.69. The Kier molecular flexibility index (Phi) is 3.86. The summed E-state index contributed by atoms with van der Waals surface area (Å²) in [5.74, 6) is 0.0547. The molecule has 78 valence electrons. The van der Waals surface area contributed by atoms with E-state index in [1.165, 1.54) is 12.2 Å². The van der Waals surface area contributed by atoms with Crippen molar-refractivity contribution in [3.8, 4) is 0 Å². The highest BCUT2D eigenvalue weighted by Gasteiger charge is 2.20. The van der Waals surface area contributed by atoms with Crippen LogP contribution in [0.2, 0.25) is 0 Å². The van der Waals surface area contributed by atoms with Gasteiger partial charge in [0, 0.05) is 0 Å². The van der Waals surface area contributed by atoms with Crippen molar-refractivity contribution in [1.29, 1.82) is 0 Å². The van der Waals surface area contributed by atoms with E-state index >= 15 is 0 Å². The van der Waals surface area contributed by atoms with Gasteiger partial charge < -0.3 is 4.74 Å². The maximum Gasteiger partial charge on any atom is 0.161 e. The molecule has 0 aromatic carbocycles. The first-order valence-corrected chi connectivity index (χ1v) is 4.64. The summed E-state index contributed by atoms with van der Waals surface area (Å²) < 4.78 is 30.5. The molecule has 1 rings (SSSR count).